The van der Waals surface area contributed by atoms with Gasteiger partial charge in [-0.3, -0.25) is 0 Å². The van der Waals surface area contributed by atoms with Gasteiger partial charge >= 0.3 is 5.97 Å². The summed E-state index contributed by atoms with van der Waals surface area (Å²) >= 11 is 1.37. The molecule has 0 atom stereocenters. The molecular formula is C14H15NO4S. The number of rotatable bonds is 5. The van der Waals surface area contributed by atoms with E-state index in [0.29, 0.717) is 23.8 Å². The molecule has 0 aliphatic rings. The van der Waals surface area contributed by atoms with Crippen molar-refractivity contribution in [2.24, 2.45) is 0 Å². The van der Waals surface area contributed by atoms with E-state index in [-0.39, 0.29) is 0 Å². The van der Waals surface area contributed by atoms with Gasteiger partial charge in [-0.15, -0.1) is 11.3 Å². The number of benzene rings is 1. The lowest BCUT2D eigenvalue weighted by Crippen LogP contribution is -2.06. The minimum atomic E-state index is -0.429. The third-order valence-corrected chi connectivity index (χ3v) is 3.55. The van der Waals surface area contributed by atoms with E-state index in [4.69, 9.17) is 14.2 Å². The number of carbonyl (C=O) groups excluding carboxylic acids is 1. The Hall–Kier alpha value is -2.08. The second kappa shape index (κ2) is 6.38. The van der Waals surface area contributed by atoms with E-state index < -0.39 is 5.97 Å². The van der Waals surface area contributed by atoms with Crippen LogP contribution in [0.5, 0.6) is 11.5 Å². The van der Waals surface area contributed by atoms with Crippen molar-refractivity contribution in [3.05, 3.63) is 29.4 Å². The van der Waals surface area contributed by atoms with Crippen LogP contribution in [0.1, 0.15) is 17.4 Å². The fourth-order valence-electron chi connectivity index (χ4n) is 1.77. The number of methoxy groups -OCH3 is 2. The number of nitrogens with zero attached hydrogens (tertiary/aromatic N) is 1. The molecule has 0 saturated heterocycles. The predicted octanol–water partition coefficient (Wildman–Crippen LogP) is 3.00. The molecule has 2 rings (SSSR count). The molecule has 0 N–H and O–H groups in total. The Morgan fingerprint density at radius 2 is 2.10 bits per heavy atom. The highest BCUT2D eigenvalue weighted by Gasteiger charge is 2.20. The Bertz CT molecular complexity index is 609. The molecule has 0 radical (unpaired) electrons. The molecule has 0 fully saturated rings. The van der Waals surface area contributed by atoms with E-state index in [2.05, 4.69) is 4.98 Å². The highest BCUT2D eigenvalue weighted by atomic mass is 32.1. The number of hydrogen-bond acceptors (Lipinski definition) is 6. The highest BCUT2D eigenvalue weighted by Crippen LogP contribution is 2.37. The Labute approximate surface area is 121 Å². The molecule has 1 aromatic heterocycles. The summed E-state index contributed by atoms with van der Waals surface area (Å²) in [5.41, 5.74) is 2.71. The van der Waals surface area contributed by atoms with E-state index in [9.17, 15) is 4.79 Å². The standard InChI is InChI=1S/C14H15NO4S/c1-4-19-14(16)12-13(20-8-15-12)10-6-5-9(17-2)7-11(10)18-3/h5-8H,4H2,1-3H3. The molecule has 0 saturated carbocycles. The summed E-state index contributed by atoms with van der Waals surface area (Å²) in [6.45, 7) is 2.08. The summed E-state index contributed by atoms with van der Waals surface area (Å²) in [4.78, 5) is 16.7. The third kappa shape index (κ3) is 2.75. The van der Waals surface area contributed by atoms with Crippen LogP contribution in [0.15, 0.2) is 23.7 Å². The van der Waals surface area contributed by atoms with Crippen LogP contribution in [0.4, 0.5) is 0 Å². The quantitative estimate of drug-likeness (QED) is 0.793. The molecule has 2 aromatic rings. The molecule has 1 aromatic carbocycles. The highest BCUT2D eigenvalue weighted by molar-refractivity contribution is 7.13. The first-order chi connectivity index (χ1) is 9.71. The molecule has 20 heavy (non-hydrogen) atoms. The molecule has 0 unspecified atom stereocenters. The lowest BCUT2D eigenvalue weighted by molar-refractivity contribution is 0.0521. The van der Waals surface area contributed by atoms with E-state index in [1.54, 1.807) is 32.7 Å². The van der Waals surface area contributed by atoms with Crippen LogP contribution in [-0.4, -0.2) is 31.8 Å². The van der Waals surface area contributed by atoms with Crippen LogP contribution in [0.2, 0.25) is 0 Å². The van der Waals surface area contributed by atoms with E-state index in [1.165, 1.54) is 11.3 Å². The average molecular weight is 293 g/mol. The van der Waals surface area contributed by atoms with Crippen LogP contribution in [0.25, 0.3) is 10.4 Å². The van der Waals surface area contributed by atoms with Crippen molar-refractivity contribution in [2.45, 2.75) is 6.92 Å². The minimum Gasteiger partial charge on any atom is -0.497 e. The normalized spacial score (nSPS) is 10.2. The Morgan fingerprint density at radius 3 is 2.75 bits per heavy atom. The molecule has 5 nitrogen and oxygen atoms in total. The summed E-state index contributed by atoms with van der Waals surface area (Å²) in [5, 5.41) is 0. The van der Waals surface area contributed by atoms with Crippen molar-refractivity contribution in [2.75, 3.05) is 20.8 Å². The van der Waals surface area contributed by atoms with E-state index in [0.717, 1.165) is 10.4 Å². The Morgan fingerprint density at radius 1 is 1.30 bits per heavy atom. The van der Waals surface area contributed by atoms with Gasteiger partial charge < -0.3 is 14.2 Å². The Balaban J connectivity index is 2.47. The first-order valence-electron chi connectivity index (χ1n) is 6.04. The Kier molecular flexibility index (Phi) is 4.57. The third-order valence-electron chi connectivity index (χ3n) is 2.69. The minimum absolute atomic E-state index is 0.306. The van der Waals surface area contributed by atoms with Gasteiger partial charge in [0.25, 0.3) is 0 Å². The van der Waals surface area contributed by atoms with E-state index >= 15 is 0 Å². The molecule has 106 valence electrons. The molecule has 0 aliphatic carbocycles. The molecule has 1 heterocycles. The van der Waals surface area contributed by atoms with Gasteiger partial charge in [0, 0.05) is 11.6 Å². The van der Waals surface area contributed by atoms with Gasteiger partial charge in [0.1, 0.15) is 11.5 Å². The smallest absolute Gasteiger partial charge is 0.358 e. The molecule has 6 heteroatoms. The van der Waals surface area contributed by atoms with Gasteiger partial charge in [-0.05, 0) is 19.1 Å². The lowest BCUT2D eigenvalue weighted by atomic mass is 10.1. The summed E-state index contributed by atoms with van der Waals surface area (Å²) < 4.78 is 15.5. The van der Waals surface area contributed by atoms with E-state index in [1.807, 2.05) is 12.1 Å². The first-order valence-corrected chi connectivity index (χ1v) is 6.92. The summed E-state index contributed by atoms with van der Waals surface area (Å²) in [6.07, 6.45) is 0. The van der Waals surface area contributed by atoms with Gasteiger partial charge in [0.05, 0.1) is 31.2 Å². The SMILES string of the molecule is CCOC(=O)c1ncsc1-c1ccc(OC)cc1OC. The predicted molar refractivity (Wildman–Crippen MR) is 76.6 cm³/mol. The topological polar surface area (TPSA) is 57.7 Å². The van der Waals surface area contributed by atoms with Crippen molar-refractivity contribution in [3.8, 4) is 21.9 Å². The van der Waals surface area contributed by atoms with Crippen molar-refractivity contribution < 1.29 is 19.0 Å². The van der Waals surface area contributed by atoms with Crippen LogP contribution < -0.4 is 9.47 Å². The lowest BCUT2D eigenvalue weighted by Gasteiger charge is -2.10. The number of hydrogen-bond donors (Lipinski definition) is 0. The number of aromatic nitrogens is 1. The maximum Gasteiger partial charge on any atom is 0.358 e. The second-order valence-electron chi connectivity index (χ2n) is 3.82. The van der Waals surface area contributed by atoms with Gasteiger partial charge in [0.2, 0.25) is 0 Å². The largest absolute Gasteiger partial charge is 0.497 e. The number of ether oxygens (including phenoxy) is 3. The molecule has 0 spiro atoms. The number of carbonyl (C=O) groups is 1. The zero-order valence-electron chi connectivity index (χ0n) is 11.5. The average Bonchev–Trinajstić information content (AvgIpc) is 2.96. The molecule has 0 amide bonds. The second-order valence-corrected chi connectivity index (χ2v) is 4.67. The molecular weight excluding hydrogens is 278 g/mol. The van der Waals surface area contributed by atoms with Crippen molar-refractivity contribution in [3.63, 3.8) is 0 Å². The van der Waals surface area contributed by atoms with Crippen molar-refractivity contribution in [1.82, 2.24) is 4.98 Å². The van der Waals surface area contributed by atoms with Crippen LogP contribution >= 0.6 is 11.3 Å². The van der Waals surface area contributed by atoms with Crippen LogP contribution in [0, 0.1) is 0 Å². The maximum atomic E-state index is 11.9. The van der Waals surface area contributed by atoms with Gasteiger partial charge in [-0.1, -0.05) is 0 Å². The van der Waals surface area contributed by atoms with Crippen molar-refractivity contribution in [1.29, 1.82) is 0 Å². The maximum absolute atomic E-state index is 11.9. The number of esters is 1. The van der Waals surface area contributed by atoms with Crippen molar-refractivity contribution >= 4 is 17.3 Å². The fourth-order valence-corrected chi connectivity index (χ4v) is 2.57. The first kappa shape index (κ1) is 14.3. The monoisotopic (exact) mass is 293 g/mol. The zero-order valence-corrected chi connectivity index (χ0v) is 12.3. The summed E-state index contributed by atoms with van der Waals surface area (Å²) in [5.74, 6) is 0.883. The van der Waals surface area contributed by atoms with Crippen LogP contribution in [0.3, 0.4) is 0 Å². The van der Waals surface area contributed by atoms with Gasteiger partial charge in [-0.25, -0.2) is 9.78 Å². The van der Waals surface area contributed by atoms with Gasteiger partial charge in [0.15, 0.2) is 5.69 Å². The number of thiazole rings is 1. The summed E-state index contributed by atoms with van der Waals surface area (Å²) in [7, 11) is 3.16. The fraction of sp³-hybridized carbons (Fsp3) is 0.286. The van der Waals surface area contributed by atoms with Crippen LogP contribution in [-0.2, 0) is 4.74 Å². The molecule has 0 bridgehead atoms. The van der Waals surface area contributed by atoms with Gasteiger partial charge in [-0.2, -0.15) is 0 Å². The zero-order chi connectivity index (χ0) is 14.5. The molecule has 0 aliphatic heterocycles. The summed E-state index contributed by atoms with van der Waals surface area (Å²) in [6, 6.07) is 5.42.